The highest BCUT2D eigenvalue weighted by Gasteiger charge is 2.29. The van der Waals surface area contributed by atoms with Crippen molar-refractivity contribution in [2.45, 2.75) is 38.2 Å². The van der Waals surface area contributed by atoms with Crippen LogP contribution in [-0.4, -0.2) is 22.2 Å². The highest BCUT2D eigenvalue weighted by Crippen LogP contribution is 2.36. The van der Waals surface area contributed by atoms with Gasteiger partial charge in [-0.15, -0.1) is 0 Å². The van der Waals surface area contributed by atoms with Gasteiger partial charge in [0.1, 0.15) is 6.10 Å². The minimum atomic E-state index is -0.118. The van der Waals surface area contributed by atoms with Crippen molar-refractivity contribution in [1.29, 1.82) is 0 Å². The molecule has 6 nitrogen and oxygen atoms in total. The van der Waals surface area contributed by atoms with E-state index in [1.807, 2.05) is 0 Å². The standard InChI is InChI=1S/C15H20N4O2/c1-20-13(10-6-3-2-4-7-10)14-18-15(21-19-14)12-11(16)8-5-9-17-12/h5,8-10,13H,2-4,6-7,16H2,1H3. The SMILES string of the molecule is COC(c1noc(-c2ncccc2N)n1)C1CCCCC1. The lowest BCUT2D eigenvalue weighted by Gasteiger charge is -2.26. The molecule has 2 heterocycles. The zero-order chi connectivity index (χ0) is 14.7. The molecule has 1 atom stereocenters. The molecule has 3 rings (SSSR count). The lowest BCUT2D eigenvalue weighted by molar-refractivity contribution is 0.0274. The van der Waals surface area contributed by atoms with E-state index in [1.165, 1.54) is 19.3 Å². The van der Waals surface area contributed by atoms with Crippen molar-refractivity contribution < 1.29 is 9.26 Å². The van der Waals surface area contributed by atoms with Gasteiger partial charge in [-0.3, -0.25) is 0 Å². The van der Waals surface area contributed by atoms with Crippen LogP contribution in [0.2, 0.25) is 0 Å². The average molecular weight is 288 g/mol. The van der Waals surface area contributed by atoms with Crippen LogP contribution in [0, 0.1) is 5.92 Å². The quantitative estimate of drug-likeness (QED) is 0.930. The van der Waals surface area contributed by atoms with Gasteiger partial charge in [0.15, 0.2) is 5.69 Å². The number of nitrogens with zero attached hydrogens (tertiary/aromatic N) is 3. The summed E-state index contributed by atoms with van der Waals surface area (Å²) in [5.74, 6) is 1.39. The number of anilines is 1. The van der Waals surface area contributed by atoms with E-state index < -0.39 is 0 Å². The largest absolute Gasteiger partial charge is 0.397 e. The summed E-state index contributed by atoms with van der Waals surface area (Å²) in [5, 5.41) is 4.07. The van der Waals surface area contributed by atoms with Crippen molar-refractivity contribution in [1.82, 2.24) is 15.1 Å². The lowest BCUT2D eigenvalue weighted by atomic mass is 9.85. The Balaban J connectivity index is 1.84. The molecule has 2 aromatic heterocycles. The first-order valence-corrected chi connectivity index (χ1v) is 7.37. The van der Waals surface area contributed by atoms with Gasteiger partial charge < -0.3 is 15.0 Å². The molecule has 1 unspecified atom stereocenters. The normalized spacial score (nSPS) is 17.8. The Bertz CT molecular complexity index is 593. The molecule has 0 radical (unpaired) electrons. The Morgan fingerprint density at radius 2 is 2.14 bits per heavy atom. The summed E-state index contributed by atoms with van der Waals surface area (Å²) in [7, 11) is 1.70. The second-order valence-electron chi connectivity index (χ2n) is 5.45. The highest BCUT2D eigenvalue weighted by atomic mass is 16.5. The first-order chi connectivity index (χ1) is 10.3. The summed E-state index contributed by atoms with van der Waals surface area (Å²) < 4.78 is 10.9. The van der Waals surface area contributed by atoms with Crippen LogP contribution < -0.4 is 5.73 Å². The number of aromatic nitrogens is 3. The van der Waals surface area contributed by atoms with Crippen LogP contribution >= 0.6 is 0 Å². The van der Waals surface area contributed by atoms with E-state index in [4.69, 9.17) is 15.0 Å². The molecule has 6 heteroatoms. The molecular weight excluding hydrogens is 268 g/mol. The van der Waals surface area contributed by atoms with Crippen molar-refractivity contribution in [2.24, 2.45) is 5.92 Å². The van der Waals surface area contributed by atoms with Crippen molar-refractivity contribution in [3.05, 3.63) is 24.2 Å². The molecule has 0 aromatic carbocycles. The molecule has 1 aliphatic rings. The van der Waals surface area contributed by atoms with Gasteiger partial charge in [-0.05, 0) is 30.9 Å². The Morgan fingerprint density at radius 3 is 2.86 bits per heavy atom. The molecule has 21 heavy (non-hydrogen) atoms. The minimum absolute atomic E-state index is 0.118. The fourth-order valence-electron chi connectivity index (χ4n) is 2.99. The van der Waals surface area contributed by atoms with Crippen LogP contribution in [0.25, 0.3) is 11.6 Å². The molecule has 0 aliphatic heterocycles. The molecule has 0 saturated heterocycles. The monoisotopic (exact) mass is 288 g/mol. The Hall–Kier alpha value is -1.95. The number of ether oxygens (including phenoxy) is 1. The van der Waals surface area contributed by atoms with Gasteiger partial charge in [-0.2, -0.15) is 4.98 Å². The van der Waals surface area contributed by atoms with E-state index in [1.54, 1.807) is 25.4 Å². The summed E-state index contributed by atoms with van der Waals surface area (Å²) in [6.45, 7) is 0. The Labute approximate surface area is 123 Å². The molecule has 1 aliphatic carbocycles. The molecule has 0 amide bonds. The van der Waals surface area contributed by atoms with Crippen LogP contribution in [0.15, 0.2) is 22.9 Å². The maximum Gasteiger partial charge on any atom is 0.278 e. The van der Waals surface area contributed by atoms with E-state index in [0.29, 0.717) is 29.0 Å². The molecule has 0 bridgehead atoms. The number of nitrogen functional groups attached to an aromatic ring is 1. The summed E-state index contributed by atoms with van der Waals surface area (Å²) in [6, 6.07) is 3.54. The third-order valence-electron chi connectivity index (χ3n) is 4.07. The van der Waals surface area contributed by atoms with Crippen molar-refractivity contribution in [2.75, 3.05) is 12.8 Å². The third-order valence-corrected chi connectivity index (χ3v) is 4.07. The zero-order valence-electron chi connectivity index (χ0n) is 12.2. The molecule has 2 aromatic rings. The number of methoxy groups -OCH3 is 1. The molecule has 1 fully saturated rings. The minimum Gasteiger partial charge on any atom is -0.397 e. The summed E-state index contributed by atoms with van der Waals surface area (Å²) in [5.41, 5.74) is 6.94. The smallest absolute Gasteiger partial charge is 0.278 e. The molecule has 1 saturated carbocycles. The van der Waals surface area contributed by atoms with Crippen LogP contribution in [0.4, 0.5) is 5.69 Å². The molecule has 2 N–H and O–H groups in total. The van der Waals surface area contributed by atoms with E-state index in [0.717, 1.165) is 12.8 Å². The highest BCUT2D eigenvalue weighted by molar-refractivity contribution is 5.65. The number of hydrogen-bond acceptors (Lipinski definition) is 6. The average Bonchev–Trinajstić information content (AvgIpc) is 2.99. The molecular formula is C15H20N4O2. The summed E-state index contributed by atoms with van der Waals surface area (Å²) in [4.78, 5) is 8.64. The van der Waals surface area contributed by atoms with Crippen LogP contribution in [0.3, 0.4) is 0 Å². The Kier molecular flexibility index (Phi) is 4.15. The van der Waals surface area contributed by atoms with E-state index in [2.05, 4.69) is 15.1 Å². The van der Waals surface area contributed by atoms with E-state index >= 15 is 0 Å². The molecule has 112 valence electrons. The Morgan fingerprint density at radius 1 is 1.33 bits per heavy atom. The number of pyridine rings is 1. The van der Waals surface area contributed by atoms with Crippen LogP contribution in [0.5, 0.6) is 0 Å². The van der Waals surface area contributed by atoms with Gasteiger partial charge in [-0.25, -0.2) is 4.98 Å². The first kappa shape index (κ1) is 14.0. The van der Waals surface area contributed by atoms with Gasteiger partial charge in [0.05, 0.1) is 5.69 Å². The van der Waals surface area contributed by atoms with Gasteiger partial charge >= 0.3 is 0 Å². The predicted octanol–water partition coefficient (Wildman–Crippen LogP) is 2.98. The third kappa shape index (κ3) is 2.90. The topological polar surface area (TPSA) is 87.1 Å². The second-order valence-corrected chi connectivity index (χ2v) is 5.45. The van der Waals surface area contributed by atoms with E-state index in [-0.39, 0.29) is 6.10 Å². The number of rotatable bonds is 4. The second kappa shape index (κ2) is 6.22. The zero-order valence-corrected chi connectivity index (χ0v) is 12.2. The van der Waals surface area contributed by atoms with Crippen molar-refractivity contribution in [3.63, 3.8) is 0 Å². The first-order valence-electron chi connectivity index (χ1n) is 7.37. The summed E-state index contributed by atoms with van der Waals surface area (Å²) in [6.07, 6.45) is 7.61. The lowest BCUT2D eigenvalue weighted by Crippen LogP contribution is -2.19. The van der Waals surface area contributed by atoms with Crippen LogP contribution in [-0.2, 0) is 4.74 Å². The maximum absolute atomic E-state index is 5.89. The number of hydrogen-bond donors (Lipinski definition) is 1. The van der Waals surface area contributed by atoms with Crippen molar-refractivity contribution >= 4 is 5.69 Å². The fourth-order valence-corrected chi connectivity index (χ4v) is 2.99. The maximum atomic E-state index is 5.89. The fraction of sp³-hybridized carbons (Fsp3) is 0.533. The molecule has 0 spiro atoms. The van der Waals surface area contributed by atoms with Crippen LogP contribution in [0.1, 0.15) is 44.0 Å². The predicted molar refractivity (Wildman–Crippen MR) is 78.3 cm³/mol. The summed E-state index contributed by atoms with van der Waals surface area (Å²) >= 11 is 0. The van der Waals surface area contributed by atoms with Gasteiger partial charge in [0, 0.05) is 13.3 Å². The van der Waals surface area contributed by atoms with Crippen molar-refractivity contribution in [3.8, 4) is 11.6 Å². The van der Waals surface area contributed by atoms with Gasteiger partial charge in [0.25, 0.3) is 5.89 Å². The van der Waals surface area contributed by atoms with Gasteiger partial charge in [0.2, 0.25) is 5.82 Å². The van der Waals surface area contributed by atoms with E-state index in [9.17, 15) is 0 Å². The number of nitrogens with two attached hydrogens (primary N) is 1. The van der Waals surface area contributed by atoms with Gasteiger partial charge in [-0.1, -0.05) is 24.4 Å².